The molecule has 0 radical (unpaired) electrons. The third-order valence-electron chi connectivity index (χ3n) is 6.61. The molecule has 1 aliphatic heterocycles. The lowest BCUT2D eigenvalue weighted by Gasteiger charge is -2.28. The summed E-state index contributed by atoms with van der Waals surface area (Å²) in [4.78, 5) is 75.5. The first-order valence-corrected chi connectivity index (χ1v) is 13.9. The Morgan fingerprint density at radius 1 is 1.00 bits per heavy atom. The number of nitrogens with two attached hydrogens (primary N) is 1. The van der Waals surface area contributed by atoms with Crippen molar-refractivity contribution in [1.29, 1.82) is 0 Å². The van der Waals surface area contributed by atoms with E-state index in [1.807, 2.05) is 13.8 Å². The van der Waals surface area contributed by atoms with Gasteiger partial charge >= 0.3 is 5.97 Å². The number of aliphatic hydroxyl groups is 1. The number of fused-ring (bicyclic) bond motifs is 5. The van der Waals surface area contributed by atoms with Gasteiger partial charge in [-0.1, -0.05) is 26.0 Å². The zero-order valence-corrected chi connectivity index (χ0v) is 25.0. The van der Waals surface area contributed by atoms with Gasteiger partial charge in [-0.25, -0.2) is 4.79 Å². The quantitative estimate of drug-likeness (QED) is 0.155. The monoisotopic (exact) mass is 630 g/mol. The SMILES string of the molecule is CC.CN(C(=O)CNC(=O)CNC(=O)[C@H](N)CO)C1C(=O)NCC(=O)N[C@H](C(=O)O)Cc2ccc(O)c(c2)-c2cc1ccc2O. The number of nitrogens with zero attached hydrogens (tertiary/aromatic N) is 1. The molecule has 3 atom stereocenters. The molecular formula is C29H38N6O10. The zero-order valence-electron chi connectivity index (χ0n) is 25.0. The van der Waals surface area contributed by atoms with Crippen LogP contribution in [0.3, 0.4) is 0 Å². The summed E-state index contributed by atoms with van der Waals surface area (Å²) >= 11 is 0. The molecule has 45 heavy (non-hydrogen) atoms. The smallest absolute Gasteiger partial charge is 0.326 e. The number of aliphatic hydroxyl groups excluding tert-OH is 1. The maximum Gasteiger partial charge on any atom is 0.326 e. The minimum Gasteiger partial charge on any atom is -0.507 e. The molecular weight excluding hydrogens is 592 g/mol. The molecule has 2 aromatic rings. The van der Waals surface area contributed by atoms with Gasteiger partial charge in [-0.15, -0.1) is 0 Å². The summed E-state index contributed by atoms with van der Waals surface area (Å²) in [6, 6.07) is 4.14. The molecule has 0 aromatic heterocycles. The lowest BCUT2D eigenvalue weighted by Crippen LogP contribution is -2.50. The van der Waals surface area contributed by atoms with Gasteiger partial charge in [-0.05, 0) is 35.4 Å². The van der Waals surface area contributed by atoms with Gasteiger partial charge in [0.05, 0.1) is 26.2 Å². The van der Waals surface area contributed by atoms with Gasteiger partial charge in [-0.2, -0.15) is 0 Å². The number of aromatic hydroxyl groups is 2. The molecule has 3 rings (SSSR count). The van der Waals surface area contributed by atoms with E-state index in [1.165, 1.54) is 43.4 Å². The standard InChI is InChI=1S/C27H32N6O10.C2H6/c1-33(23(39)11-29-21(37)9-30-25(40)17(28)12-34)24-14-3-5-20(36)16(8-14)15-6-13(2-4-19(15)35)7-18(27(42)43)32-22(38)10-31-26(24)41;1-2/h2-6,8,17-18,24,34-36H,7,9-12,28H2,1H3,(H,29,37)(H,30,40)(H,31,41)(H,32,38)(H,42,43);1-2H3/t17-,18+,24?;/m1./s1. The van der Waals surface area contributed by atoms with Crippen molar-refractivity contribution < 1.29 is 49.2 Å². The van der Waals surface area contributed by atoms with Crippen LogP contribution in [0.4, 0.5) is 0 Å². The summed E-state index contributed by atoms with van der Waals surface area (Å²) in [6.07, 6.45) is -0.160. The fourth-order valence-corrected chi connectivity index (χ4v) is 4.25. The maximum absolute atomic E-state index is 13.4. The van der Waals surface area contributed by atoms with Crippen LogP contribution in [0, 0.1) is 0 Å². The number of phenolic OH excluding ortho intramolecular Hbond substituents is 2. The molecule has 0 spiro atoms. The van der Waals surface area contributed by atoms with Crippen LogP contribution >= 0.6 is 0 Å². The largest absolute Gasteiger partial charge is 0.507 e. The number of hydrogen-bond acceptors (Lipinski definition) is 10. The second-order valence-corrected chi connectivity index (χ2v) is 9.70. The minimum atomic E-state index is -1.41. The summed E-state index contributed by atoms with van der Waals surface area (Å²) in [7, 11) is 1.26. The third kappa shape index (κ3) is 9.64. The number of aliphatic carboxylic acids is 1. The molecule has 0 aliphatic carbocycles. The molecule has 0 fully saturated rings. The van der Waals surface area contributed by atoms with Crippen molar-refractivity contribution in [3.8, 4) is 22.6 Å². The van der Waals surface area contributed by atoms with E-state index in [2.05, 4.69) is 21.3 Å². The first kappa shape index (κ1) is 36.0. The molecule has 5 amide bonds. The second-order valence-electron chi connectivity index (χ2n) is 9.70. The van der Waals surface area contributed by atoms with Crippen molar-refractivity contribution in [3.63, 3.8) is 0 Å². The number of carboxylic acid groups (broad SMARTS) is 1. The van der Waals surface area contributed by atoms with Crippen LogP contribution in [-0.4, -0.2) is 106 Å². The van der Waals surface area contributed by atoms with E-state index in [0.29, 0.717) is 5.56 Å². The van der Waals surface area contributed by atoms with E-state index in [9.17, 15) is 44.1 Å². The fourth-order valence-electron chi connectivity index (χ4n) is 4.25. The number of likely N-dealkylation sites (N-methyl/N-ethyl adjacent to an activating group) is 1. The molecule has 244 valence electrons. The van der Waals surface area contributed by atoms with E-state index in [4.69, 9.17) is 10.8 Å². The predicted molar refractivity (Wildman–Crippen MR) is 159 cm³/mol. The second kappa shape index (κ2) is 16.6. The summed E-state index contributed by atoms with van der Waals surface area (Å²) in [5.74, 6) is -5.85. The van der Waals surface area contributed by atoms with Gasteiger partial charge in [0, 0.05) is 24.6 Å². The van der Waals surface area contributed by atoms with E-state index in [1.54, 1.807) is 0 Å². The van der Waals surface area contributed by atoms with E-state index < -0.39 is 79.9 Å². The van der Waals surface area contributed by atoms with Gasteiger partial charge in [0.2, 0.25) is 29.5 Å². The molecule has 1 aliphatic rings. The summed E-state index contributed by atoms with van der Waals surface area (Å²) in [6.45, 7) is 1.60. The maximum atomic E-state index is 13.4. The Morgan fingerprint density at radius 2 is 1.62 bits per heavy atom. The Labute approximate surface area is 258 Å². The highest BCUT2D eigenvalue weighted by molar-refractivity contribution is 5.94. The first-order valence-electron chi connectivity index (χ1n) is 13.9. The molecule has 0 saturated heterocycles. The molecule has 2 aromatic carbocycles. The Morgan fingerprint density at radius 3 is 2.24 bits per heavy atom. The predicted octanol–water partition coefficient (Wildman–Crippen LogP) is -1.92. The average Bonchev–Trinajstić information content (AvgIpc) is 3.02. The topological polar surface area (TPSA) is 261 Å². The van der Waals surface area contributed by atoms with Gasteiger partial charge in [0.15, 0.2) is 0 Å². The molecule has 16 heteroatoms. The number of rotatable bonds is 8. The van der Waals surface area contributed by atoms with Crippen molar-refractivity contribution in [2.75, 3.05) is 33.3 Å². The number of phenols is 2. The molecule has 16 nitrogen and oxygen atoms in total. The van der Waals surface area contributed by atoms with Crippen molar-refractivity contribution >= 4 is 35.5 Å². The van der Waals surface area contributed by atoms with E-state index >= 15 is 0 Å². The van der Waals surface area contributed by atoms with Crippen molar-refractivity contribution in [3.05, 3.63) is 47.5 Å². The number of carbonyl (C=O) groups is 6. The Balaban J connectivity index is 0.00000345. The minimum absolute atomic E-state index is 0.0774. The van der Waals surface area contributed by atoms with Crippen LogP contribution in [0.25, 0.3) is 11.1 Å². The van der Waals surface area contributed by atoms with E-state index in [0.717, 1.165) is 4.90 Å². The van der Waals surface area contributed by atoms with Crippen LogP contribution < -0.4 is 27.0 Å². The number of nitrogens with one attached hydrogen (secondary N) is 4. The Kier molecular flexibility index (Phi) is 13.3. The number of hydrogen-bond donors (Lipinski definition) is 9. The summed E-state index contributed by atoms with van der Waals surface area (Å²) < 4.78 is 0. The fraction of sp³-hybridized carbons (Fsp3) is 0.379. The lowest BCUT2D eigenvalue weighted by molar-refractivity contribution is -0.142. The number of carbonyl (C=O) groups excluding carboxylic acids is 5. The summed E-state index contributed by atoms with van der Waals surface area (Å²) in [5, 5.41) is 48.9. The van der Waals surface area contributed by atoms with Crippen LogP contribution in [0.1, 0.15) is 31.0 Å². The molecule has 0 saturated carbocycles. The van der Waals surface area contributed by atoms with Crippen LogP contribution in [-0.2, 0) is 35.2 Å². The van der Waals surface area contributed by atoms with Crippen LogP contribution in [0.15, 0.2) is 36.4 Å². The third-order valence-corrected chi connectivity index (χ3v) is 6.61. The highest BCUT2D eigenvalue weighted by Crippen LogP contribution is 2.38. The van der Waals surface area contributed by atoms with Crippen molar-refractivity contribution in [2.24, 2.45) is 5.73 Å². The average molecular weight is 631 g/mol. The molecule has 10 N–H and O–H groups in total. The highest BCUT2D eigenvalue weighted by atomic mass is 16.4. The van der Waals surface area contributed by atoms with Crippen LogP contribution in [0.5, 0.6) is 11.5 Å². The zero-order chi connectivity index (χ0) is 33.8. The first-order chi connectivity index (χ1) is 21.3. The molecule has 4 bridgehead atoms. The van der Waals surface area contributed by atoms with Gasteiger partial charge in [-0.3, -0.25) is 24.0 Å². The Bertz CT molecular complexity index is 1430. The van der Waals surface area contributed by atoms with Crippen molar-refractivity contribution in [2.45, 2.75) is 38.4 Å². The summed E-state index contributed by atoms with van der Waals surface area (Å²) in [5.41, 5.74) is 6.13. The lowest BCUT2D eigenvalue weighted by atomic mass is 9.94. The Hall–Kier alpha value is -5.22. The van der Waals surface area contributed by atoms with E-state index in [-0.39, 0.29) is 34.6 Å². The number of amides is 5. The normalized spacial score (nSPS) is 16.7. The van der Waals surface area contributed by atoms with Crippen LogP contribution in [0.2, 0.25) is 0 Å². The van der Waals surface area contributed by atoms with Gasteiger partial charge in [0.25, 0.3) is 0 Å². The number of carboxylic acids is 1. The molecule has 1 heterocycles. The van der Waals surface area contributed by atoms with Gasteiger partial charge < -0.3 is 52.3 Å². The van der Waals surface area contributed by atoms with Gasteiger partial charge in [0.1, 0.15) is 29.6 Å². The molecule has 1 unspecified atom stereocenters. The van der Waals surface area contributed by atoms with Crippen molar-refractivity contribution in [1.82, 2.24) is 26.2 Å². The number of benzene rings is 2. The highest BCUT2D eigenvalue weighted by Gasteiger charge is 2.31.